The van der Waals surface area contributed by atoms with E-state index >= 15 is 0 Å². The second-order valence-corrected chi connectivity index (χ2v) is 7.20. The molecule has 0 fully saturated rings. The largest absolute Gasteiger partial charge is 0.460 e. The van der Waals surface area contributed by atoms with E-state index in [1.54, 1.807) is 18.2 Å². The SMILES string of the molecule is C[C@H](SCc1ccc(Br)cc1)C(=O)OCc1ccccc1C#N. The Morgan fingerprint density at radius 2 is 1.96 bits per heavy atom. The summed E-state index contributed by atoms with van der Waals surface area (Å²) >= 11 is 4.93. The molecule has 2 rings (SSSR count). The van der Waals surface area contributed by atoms with Crippen LogP contribution in [0.15, 0.2) is 53.0 Å². The van der Waals surface area contributed by atoms with E-state index in [9.17, 15) is 4.79 Å². The first-order valence-corrected chi connectivity index (χ1v) is 8.95. The fourth-order valence-corrected chi connectivity index (χ4v) is 2.99. The first-order valence-electron chi connectivity index (χ1n) is 7.11. The summed E-state index contributed by atoms with van der Waals surface area (Å²) in [5, 5.41) is 8.77. The monoisotopic (exact) mass is 389 g/mol. The second-order valence-electron chi connectivity index (χ2n) is 4.96. The minimum atomic E-state index is -0.264. The van der Waals surface area contributed by atoms with Gasteiger partial charge < -0.3 is 4.74 Å². The summed E-state index contributed by atoms with van der Waals surface area (Å²) in [6, 6.07) is 17.3. The zero-order valence-electron chi connectivity index (χ0n) is 12.7. The molecule has 118 valence electrons. The highest BCUT2D eigenvalue weighted by molar-refractivity contribution is 9.10. The van der Waals surface area contributed by atoms with Crippen molar-refractivity contribution in [3.05, 3.63) is 69.7 Å². The molecule has 2 aromatic carbocycles. The minimum absolute atomic E-state index is 0.131. The fourth-order valence-electron chi connectivity index (χ4n) is 1.89. The molecular weight excluding hydrogens is 374 g/mol. The Bertz CT molecular complexity index is 710. The summed E-state index contributed by atoms with van der Waals surface area (Å²) in [4.78, 5) is 12.1. The van der Waals surface area contributed by atoms with Crippen molar-refractivity contribution in [2.45, 2.75) is 24.5 Å². The Morgan fingerprint density at radius 3 is 2.65 bits per heavy atom. The van der Waals surface area contributed by atoms with Gasteiger partial charge in [0.2, 0.25) is 0 Å². The van der Waals surface area contributed by atoms with Crippen LogP contribution in [0.5, 0.6) is 0 Å². The van der Waals surface area contributed by atoms with Gasteiger partial charge in [-0.2, -0.15) is 5.26 Å². The van der Waals surface area contributed by atoms with Gasteiger partial charge in [-0.15, -0.1) is 11.8 Å². The predicted octanol–water partition coefficient (Wildman–Crippen LogP) is 4.69. The molecule has 0 heterocycles. The zero-order chi connectivity index (χ0) is 16.7. The highest BCUT2D eigenvalue weighted by atomic mass is 79.9. The number of hydrogen-bond donors (Lipinski definition) is 0. The summed E-state index contributed by atoms with van der Waals surface area (Å²) < 4.78 is 6.36. The average molecular weight is 390 g/mol. The number of nitriles is 1. The maximum Gasteiger partial charge on any atom is 0.319 e. The molecule has 0 aromatic heterocycles. The molecule has 0 bridgehead atoms. The Balaban J connectivity index is 1.83. The summed E-state index contributed by atoms with van der Waals surface area (Å²) in [7, 11) is 0. The summed E-state index contributed by atoms with van der Waals surface area (Å²) in [6.07, 6.45) is 0. The lowest BCUT2D eigenvalue weighted by Crippen LogP contribution is -2.17. The van der Waals surface area contributed by atoms with Crippen LogP contribution < -0.4 is 0 Å². The number of nitrogens with zero attached hydrogens (tertiary/aromatic N) is 1. The Labute approximate surface area is 148 Å². The van der Waals surface area contributed by atoms with Crippen LogP contribution in [0, 0.1) is 11.3 Å². The van der Waals surface area contributed by atoms with Gasteiger partial charge >= 0.3 is 5.97 Å². The van der Waals surface area contributed by atoms with Crippen molar-refractivity contribution >= 4 is 33.7 Å². The first-order chi connectivity index (χ1) is 11.1. The molecule has 5 heteroatoms. The number of esters is 1. The van der Waals surface area contributed by atoms with Crippen LogP contribution >= 0.6 is 27.7 Å². The highest BCUT2D eigenvalue weighted by Crippen LogP contribution is 2.21. The maximum absolute atomic E-state index is 12.1. The molecule has 0 saturated heterocycles. The number of carbonyl (C=O) groups excluding carboxylic acids is 1. The molecule has 23 heavy (non-hydrogen) atoms. The van der Waals surface area contributed by atoms with Gasteiger partial charge in [0, 0.05) is 15.8 Å². The molecule has 0 radical (unpaired) electrons. The quantitative estimate of drug-likeness (QED) is 0.672. The lowest BCUT2D eigenvalue weighted by molar-refractivity contribution is -0.143. The van der Waals surface area contributed by atoms with E-state index in [-0.39, 0.29) is 17.8 Å². The Hall–Kier alpha value is -1.77. The molecule has 0 aliphatic rings. The lowest BCUT2D eigenvalue weighted by atomic mass is 10.1. The van der Waals surface area contributed by atoms with Crippen LogP contribution in [0.4, 0.5) is 0 Å². The van der Waals surface area contributed by atoms with Gasteiger partial charge in [-0.25, -0.2) is 0 Å². The topological polar surface area (TPSA) is 50.1 Å². The summed E-state index contributed by atoms with van der Waals surface area (Å²) in [5.41, 5.74) is 2.43. The van der Waals surface area contributed by atoms with E-state index in [1.807, 2.05) is 37.3 Å². The molecule has 0 unspecified atom stereocenters. The molecule has 3 nitrogen and oxygen atoms in total. The molecule has 0 aliphatic heterocycles. The Morgan fingerprint density at radius 1 is 1.26 bits per heavy atom. The summed E-state index contributed by atoms with van der Waals surface area (Å²) in [5.74, 6) is 0.484. The standard InChI is InChI=1S/C18H16BrNO2S/c1-13(23-12-14-6-8-17(19)9-7-14)18(21)22-11-16-5-3-2-4-15(16)10-20/h2-9,13H,11-12H2,1H3/t13-/m0/s1. The number of halogens is 1. The normalized spacial score (nSPS) is 11.5. The number of rotatable bonds is 6. The molecule has 0 N–H and O–H groups in total. The average Bonchev–Trinajstić information content (AvgIpc) is 2.59. The third kappa shape index (κ3) is 5.42. The number of carbonyl (C=O) groups is 1. The Kier molecular flexibility index (Phi) is 6.69. The summed E-state index contributed by atoms with van der Waals surface area (Å²) in [6.45, 7) is 1.97. The van der Waals surface area contributed by atoms with Gasteiger partial charge in [0.25, 0.3) is 0 Å². The van der Waals surface area contributed by atoms with E-state index < -0.39 is 0 Å². The van der Waals surface area contributed by atoms with Crippen LogP contribution in [-0.2, 0) is 21.9 Å². The predicted molar refractivity (Wildman–Crippen MR) is 95.9 cm³/mol. The van der Waals surface area contributed by atoms with Gasteiger partial charge in [0.1, 0.15) is 6.61 Å². The van der Waals surface area contributed by atoms with E-state index in [4.69, 9.17) is 10.00 Å². The molecule has 2 aromatic rings. The first kappa shape index (κ1) is 17.6. The van der Waals surface area contributed by atoms with Gasteiger partial charge in [0.15, 0.2) is 0 Å². The maximum atomic E-state index is 12.1. The third-order valence-electron chi connectivity index (χ3n) is 3.25. The van der Waals surface area contributed by atoms with Crippen molar-refractivity contribution in [1.82, 2.24) is 0 Å². The van der Waals surface area contributed by atoms with Crippen molar-refractivity contribution in [3.8, 4) is 6.07 Å². The number of hydrogen-bond acceptors (Lipinski definition) is 4. The van der Waals surface area contributed by atoms with Gasteiger partial charge in [0.05, 0.1) is 16.9 Å². The molecule has 1 atom stereocenters. The number of thioether (sulfide) groups is 1. The van der Waals surface area contributed by atoms with Gasteiger partial charge in [-0.1, -0.05) is 46.3 Å². The molecule has 0 aliphatic carbocycles. The number of benzene rings is 2. The van der Waals surface area contributed by atoms with Crippen molar-refractivity contribution in [2.24, 2.45) is 0 Å². The van der Waals surface area contributed by atoms with E-state index in [1.165, 1.54) is 11.8 Å². The van der Waals surface area contributed by atoms with E-state index in [0.717, 1.165) is 21.4 Å². The van der Waals surface area contributed by atoms with Crippen LogP contribution in [0.3, 0.4) is 0 Å². The van der Waals surface area contributed by atoms with Gasteiger partial charge in [-0.05, 0) is 30.7 Å². The van der Waals surface area contributed by atoms with Crippen molar-refractivity contribution < 1.29 is 9.53 Å². The van der Waals surface area contributed by atoms with Crippen molar-refractivity contribution in [2.75, 3.05) is 0 Å². The zero-order valence-corrected chi connectivity index (χ0v) is 15.1. The highest BCUT2D eigenvalue weighted by Gasteiger charge is 2.15. The fraction of sp³-hybridized carbons (Fsp3) is 0.222. The van der Waals surface area contributed by atoms with E-state index in [0.29, 0.717) is 5.56 Å². The van der Waals surface area contributed by atoms with Crippen LogP contribution in [-0.4, -0.2) is 11.2 Å². The minimum Gasteiger partial charge on any atom is -0.460 e. The van der Waals surface area contributed by atoms with Crippen LogP contribution in [0.2, 0.25) is 0 Å². The second kappa shape index (κ2) is 8.76. The van der Waals surface area contributed by atoms with E-state index in [2.05, 4.69) is 22.0 Å². The molecular formula is C18H16BrNO2S. The lowest BCUT2D eigenvalue weighted by Gasteiger charge is -2.12. The van der Waals surface area contributed by atoms with Crippen LogP contribution in [0.25, 0.3) is 0 Å². The van der Waals surface area contributed by atoms with Crippen molar-refractivity contribution in [3.63, 3.8) is 0 Å². The van der Waals surface area contributed by atoms with Crippen molar-refractivity contribution in [1.29, 1.82) is 5.26 Å². The molecule has 0 saturated carbocycles. The number of ether oxygens (including phenoxy) is 1. The molecule has 0 spiro atoms. The van der Waals surface area contributed by atoms with Crippen LogP contribution in [0.1, 0.15) is 23.6 Å². The molecule has 0 amide bonds. The van der Waals surface area contributed by atoms with Gasteiger partial charge in [-0.3, -0.25) is 4.79 Å². The smallest absolute Gasteiger partial charge is 0.319 e. The third-order valence-corrected chi connectivity index (χ3v) is 4.97.